The second kappa shape index (κ2) is 5.91. The lowest BCUT2D eigenvalue weighted by Gasteiger charge is -2.35. The lowest BCUT2D eigenvalue weighted by Crippen LogP contribution is -2.49. The number of hydrogen-bond donors (Lipinski definition) is 2. The quantitative estimate of drug-likeness (QED) is 0.866. The van der Waals surface area contributed by atoms with Crippen molar-refractivity contribution in [1.82, 2.24) is 9.03 Å². The number of rotatable bonds is 4. The van der Waals surface area contributed by atoms with E-state index >= 15 is 0 Å². The molecular weight excluding hydrogens is 307 g/mol. The van der Waals surface area contributed by atoms with Crippen LogP contribution in [-0.4, -0.2) is 38.5 Å². The van der Waals surface area contributed by atoms with Crippen molar-refractivity contribution in [2.24, 2.45) is 5.73 Å². The second-order valence-electron chi connectivity index (χ2n) is 4.75. The fourth-order valence-corrected chi connectivity index (χ4v) is 3.79. The van der Waals surface area contributed by atoms with E-state index in [2.05, 4.69) is 0 Å². The van der Waals surface area contributed by atoms with Crippen LogP contribution in [0.1, 0.15) is 17.2 Å². The van der Waals surface area contributed by atoms with E-state index in [0.29, 0.717) is 6.42 Å². The zero-order valence-corrected chi connectivity index (χ0v) is 11.9. The van der Waals surface area contributed by atoms with Gasteiger partial charge in [-0.15, -0.1) is 0 Å². The third-order valence-corrected chi connectivity index (χ3v) is 4.91. The number of nitrogens with one attached hydrogen (secondary N) is 1. The van der Waals surface area contributed by atoms with Gasteiger partial charge in [0.2, 0.25) is 0 Å². The van der Waals surface area contributed by atoms with Gasteiger partial charge in [0.05, 0.1) is 6.04 Å². The van der Waals surface area contributed by atoms with E-state index in [1.165, 1.54) is 0 Å². The summed E-state index contributed by atoms with van der Waals surface area (Å²) in [7, 11) is -4.24. The highest BCUT2D eigenvalue weighted by atomic mass is 32.2. The number of nitrogens with zero attached hydrogens (tertiary/aromatic N) is 1. The van der Waals surface area contributed by atoms with Gasteiger partial charge in [-0.1, -0.05) is 24.3 Å². The summed E-state index contributed by atoms with van der Waals surface area (Å²) in [5, 5.41) is 0. The van der Waals surface area contributed by atoms with Crippen molar-refractivity contribution in [1.29, 1.82) is 0 Å². The fourth-order valence-electron chi connectivity index (χ4n) is 2.42. The van der Waals surface area contributed by atoms with Crippen molar-refractivity contribution in [3.05, 3.63) is 35.4 Å². The molecule has 0 spiro atoms. The van der Waals surface area contributed by atoms with Gasteiger partial charge in [0.15, 0.2) is 0 Å². The molecule has 9 heteroatoms. The third-order valence-electron chi connectivity index (χ3n) is 3.35. The summed E-state index contributed by atoms with van der Waals surface area (Å²) in [6.07, 6.45) is -4.15. The Labute approximate surface area is 121 Å². The van der Waals surface area contributed by atoms with Crippen molar-refractivity contribution in [2.45, 2.75) is 18.6 Å². The van der Waals surface area contributed by atoms with Crippen LogP contribution >= 0.6 is 0 Å². The van der Waals surface area contributed by atoms with Crippen molar-refractivity contribution >= 4 is 10.2 Å². The lowest BCUT2D eigenvalue weighted by atomic mass is 9.94. The van der Waals surface area contributed by atoms with Crippen LogP contribution in [0, 0.1) is 0 Å². The van der Waals surface area contributed by atoms with Crippen LogP contribution in [-0.2, 0) is 16.6 Å². The van der Waals surface area contributed by atoms with Gasteiger partial charge in [0.1, 0.15) is 6.54 Å². The molecule has 1 aromatic carbocycles. The van der Waals surface area contributed by atoms with E-state index in [-0.39, 0.29) is 13.1 Å². The summed E-state index contributed by atoms with van der Waals surface area (Å²) in [4.78, 5) is 0. The first-order chi connectivity index (χ1) is 9.74. The molecule has 5 nitrogen and oxygen atoms in total. The zero-order valence-electron chi connectivity index (χ0n) is 11.1. The van der Waals surface area contributed by atoms with Gasteiger partial charge in [-0.3, -0.25) is 0 Å². The first-order valence-corrected chi connectivity index (χ1v) is 7.79. The average molecular weight is 323 g/mol. The second-order valence-corrected chi connectivity index (χ2v) is 6.46. The Hall–Kier alpha value is -1.16. The SMILES string of the molecule is NCC1c2ccccc2CCN1S(=O)(=O)NCC(F)(F)F. The molecule has 21 heavy (non-hydrogen) atoms. The molecule has 118 valence electrons. The Kier molecular flexibility index (Phi) is 4.57. The highest BCUT2D eigenvalue weighted by Crippen LogP contribution is 2.30. The molecule has 1 unspecified atom stereocenters. The van der Waals surface area contributed by atoms with Crippen LogP contribution in [0.2, 0.25) is 0 Å². The molecule has 0 aliphatic carbocycles. The zero-order chi connectivity index (χ0) is 15.7. The summed E-state index contributed by atoms with van der Waals surface area (Å²) >= 11 is 0. The van der Waals surface area contributed by atoms with Gasteiger partial charge in [-0.05, 0) is 17.5 Å². The number of hydrogen-bond acceptors (Lipinski definition) is 3. The van der Waals surface area contributed by atoms with E-state index in [1.54, 1.807) is 16.9 Å². The smallest absolute Gasteiger partial charge is 0.329 e. The summed E-state index contributed by atoms with van der Waals surface area (Å²) < 4.78 is 63.3. The van der Waals surface area contributed by atoms with Crippen LogP contribution in [0.5, 0.6) is 0 Å². The molecule has 0 fully saturated rings. The van der Waals surface area contributed by atoms with Gasteiger partial charge in [0, 0.05) is 13.1 Å². The van der Waals surface area contributed by atoms with Gasteiger partial charge in [-0.25, -0.2) is 0 Å². The minimum Gasteiger partial charge on any atom is -0.329 e. The highest BCUT2D eigenvalue weighted by molar-refractivity contribution is 7.87. The molecule has 1 aliphatic rings. The van der Waals surface area contributed by atoms with Crippen LogP contribution in [0.25, 0.3) is 0 Å². The van der Waals surface area contributed by atoms with E-state index in [1.807, 2.05) is 12.1 Å². The Morgan fingerprint density at radius 1 is 1.33 bits per heavy atom. The molecule has 1 aliphatic heterocycles. The molecule has 0 saturated carbocycles. The molecule has 3 N–H and O–H groups in total. The van der Waals surface area contributed by atoms with E-state index in [9.17, 15) is 21.6 Å². The number of alkyl halides is 3. The summed E-state index contributed by atoms with van der Waals surface area (Å²) in [6, 6.07) is 6.54. The van der Waals surface area contributed by atoms with Crippen molar-refractivity contribution in [2.75, 3.05) is 19.6 Å². The van der Waals surface area contributed by atoms with E-state index in [4.69, 9.17) is 5.73 Å². The first-order valence-electron chi connectivity index (χ1n) is 6.35. The Morgan fingerprint density at radius 3 is 2.62 bits per heavy atom. The Balaban J connectivity index is 2.24. The molecule has 0 amide bonds. The molecule has 0 radical (unpaired) electrons. The van der Waals surface area contributed by atoms with Gasteiger partial charge in [-0.2, -0.15) is 30.6 Å². The summed E-state index contributed by atoms with van der Waals surface area (Å²) in [6.45, 7) is -1.49. The van der Waals surface area contributed by atoms with Crippen molar-refractivity contribution < 1.29 is 21.6 Å². The van der Waals surface area contributed by atoms with Crippen LogP contribution in [0.3, 0.4) is 0 Å². The first kappa shape index (κ1) is 16.2. The maximum absolute atomic E-state index is 12.2. The van der Waals surface area contributed by atoms with Gasteiger partial charge >= 0.3 is 6.18 Å². The minimum atomic E-state index is -4.60. The molecule has 1 atom stereocenters. The molecule has 1 aromatic rings. The third kappa shape index (κ3) is 3.73. The van der Waals surface area contributed by atoms with Crippen molar-refractivity contribution in [3.8, 4) is 0 Å². The number of benzene rings is 1. The standard InChI is InChI=1S/C12H16F3N3O2S/c13-12(14,15)8-17-21(19,20)18-6-5-9-3-1-2-4-10(9)11(18)7-16/h1-4,11,17H,5-8,16H2. The topological polar surface area (TPSA) is 75.4 Å². The molecule has 0 aromatic heterocycles. The highest BCUT2D eigenvalue weighted by Gasteiger charge is 2.37. The average Bonchev–Trinajstić information content (AvgIpc) is 2.43. The van der Waals surface area contributed by atoms with Crippen LogP contribution in [0.15, 0.2) is 24.3 Å². The molecule has 0 saturated heterocycles. The Bertz CT molecular complexity index is 604. The maximum atomic E-state index is 12.2. The molecule has 1 heterocycles. The van der Waals surface area contributed by atoms with Gasteiger partial charge < -0.3 is 5.73 Å². The maximum Gasteiger partial charge on any atom is 0.402 e. The lowest BCUT2D eigenvalue weighted by molar-refractivity contribution is -0.121. The number of fused-ring (bicyclic) bond motifs is 1. The van der Waals surface area contributed by atoms with E-state index in [0.717, 1.165) is 15.4 Å². The van der Waals surface area contributed by atoms with Crippen LogP contribution in [0.4, 0.5) is 13.2 Å². The molecule has 2 rings (SSSR count). The van der Waals surface area contributed by atoms with Crippen LogP contribution < -0.4 is 10.5 Å². The summed E-state index contributed by atoms with van der Waals surface area (Å²) in [5.41, 5.74) is 7.34. The van der Waals surface area contributed by atoms with Gasteiger partial charge in [0.25, 0.3) is 10.2 Å². The predicted molar refractivity (Wildman–Crippen MR) is 71.6 cm³/mol. The normalized spacial score (nSPS) is 20.3. The minimum absolute atomic E-state index is 0.00391. The molecular formula is C12H16F3N3O2S. The fraction of sp³-hybridized carbons (Fsp3) is 0.500. The monoisotopic (exact) mass is 323 g/mol. The summed E-state index contributed by atoms with van der Waals surface area (Å²) in [5.74, 6) is 0. The largest absolute Gasteiger partial charge is 0.402 e. The van der Waals surface area contributed by atoms with Crippen molar-refractivity contribution in [3.63, 3.8) is 0 Å². The Morgan fingerprint density at radius 2 is 2.00 bits per heavy atom. The van der Waals surface area contributed by atoms with E-state index < -0.39 is 29.0 Å². The number of halogens is 3. The number of nitrogens with two attached hydrogens (primary N) is 1. The predicted octanol–water partition coefficient (Wildman–Crippen LogP) is 0.941. The molecule has 0 bridgehead atoms.